The molecular weight excluding hydrogens is 306 g/mol. The van der Waals surface area contributed by atoms with Crippen molar-refractivity contribution in [2.45, 2.75) is 19.3 Å². The van der Waals surface area contributed by atoms with Gasteiger partial charge in [-0.15, -0.1) is 0 Å². The topological polar surface area (TPSA) is 102 Å². The van der Waals surface area contributed by atoms with Crippen LogP contribution >= 0.6 is 0 Å². The molecule has 1 atom stereocenters. The Morgan fingerprint density at radius 3 is 3.00 bits per heavy atom. The van der Waals surface area contributed by atoms with Crippen molar-refractivity contribution in [2.75, 3.05) is 19.3 Å². The quantitative estimate of drug-likeness (QED) is 0.817. The Balaban J connectivity index is 1.68. The molecule has 9 heteroatoms. The van der Waals surface area contributed by atoms with Crippen molar-refractivity contribution in [2.24, 2.45) is 5.92 Å². The smallest absolute Gasteiger partial charge is 0.227 e. The molecule has 2 aromatic rings. The molecule has 0 amide bonds. The Bertz CT molecular complexity index is 731. The van der Waals surface area contributed by atoms with Crippen molar-refractivity contribution in [3.63, 3.8) is 0 Å². The summed E-state index contributed by atoms with van der Waals surface area (Å²) in [7, 11) is -3.14. The maximum absolute atomic E-state index is 11.6. The van der Waals surface area contributed by atoms with Crippen LogP contribution < -0.4 is 0 Å². The lowest BCUT2D eigenvalue weighted by atomic mass is 9.96. The predicted octanol–water partition coefficient (Wildman–Crippen LogP) is 0.741. The number of hydrogen-bond donors (Lipinski definition) is 0. The molecule has 0 saturated carbocycles. The summed E-state index contributed by atoms with van der Waals surface area (Å²) < 4.78 is 30.0. The molecule has 0 N–H and O–H groups in total. The monoisotopic (exact) mass is 323 g/mol. The van der Waals surface area contributed by atoms with E-state index >= 15 is 0 Å². The van der Waals surface area contributed by atoms with Gasteiger partial charge in [0.2, 0.25) is 21.7 Å². The lowest BCUT2D eigenvalue weighted by Crippen LogP contribution is -2.39. The van der Waals surface area contributed by atoms with Crippen LogP contribution in [-0.4, -0.2) is 52.2 Å². The third kappa shape index (κ3) is 3.47. The Hall–Kier alpha value is -1.87. The first-order valence-corrected chi connectivity index (χ1v) is 8.91. The molecule has 1 fully saturated rings. The number of hydrogen-bond acceptors (Lipinski definition) is 7. The zero-order valence-corrected chi connectivity index (χ0v) is 13.0. The Labute approximate surface area is 128 Å². The maximum atomic E-state index is 11.6. The highest BCUT2D eigenvalue weighted by Gasteiger charge is 2.27. The summed E-state index contributed by atoms with van der Waals surface area (Å²) in [5.41, 5.74) is 0.555. The van der Waals surface area contributed by atoms with Crippen LogP contribution in [0.15, 0.2) is 23.1 Å². The van der Waals surface area contributed by atoms with Crippen molar-refractivity contribution in [3.05, 3.63) is 24.5 Å². The van der Waals surface area contributed by atoms with Gasteiger partial charge < -0.3 is 4.52 Å². The van der Waals surface area contributed by atoms with Gasteiger partial charge in [0.1, 0.15) is 5.69 Å². The molecule has 8 nitrogen and oxygen atoms in total. The zero-order valence-electron chi connectivity index (χ0n) is 12.2. The summed E-state index contributed by atoms with van der Waals surface area (Å²) >= 11 is 0. The molecule has 3 rings (SSSR count). The highest BCUT2D eigenvalue weighted by molar-refractivity contribution is 7.88. The Morgan fingerprint density at radius 2 is 2.27 bits per heavy atom. The average molecular weight is 323 g/mol. The number of piperidine rings is 1. The Kier molecular flexibility index (Phi) is 4.16. The van der Waals surface area contributed by atoms with Gasteiger partial charge in [-0.3, -0.25) is 4.98 Å². The second-order valence-corrected chi connectivity index (χ2v) is 7.42. The molecule has 1 saturated heterocycles. The second-order valence-electron chi connectivity index (χ2n) is 5.44. The first-order valence-electron chi connectivity index (χ1n) is 7.06. The molecule has 1 aliphatic rings. The normalized spacial score (nSPS) is 20.1. The van der Waals surface area contributed by atoms with Crippen LogP contribution in [0.5, 0.6) is 0 Å². The van der Waals surface area contributed by atoms with Crippen LogP contribution in [0.25, 0.3) is 11.5 Å². The van der Waals surface area contributed by atoms with E-state index in [0.717, 1.165) is 12.8 Å². The van der Waals surface area contributed by atoms with Crippen molar-refractivity contribution in [1.82, 2.24) is 24.4 Å². The van der Waals surface area contributed by atoms with E-state index in [-0.39, 0.29) is 5.92 Å². The van der Waals surface area contributed by atoms with E-state index in [1.807, 2.05) is 0 Å². The molecule has 118 valence electrons. The molecular formula is C13H17N5O3S. The first kappa shape index (κ1) is 15.0. The van der Waals surface area contributed by atoms with Crippen molar-refractivity contribution < 1.29 is 12.9 Å². The van der Waals surface area contributed by atoms with Crippen LogP contribution in [0.3, 0.4) is 0 Å². The number of rotatable bonds is 4. The largest absolute Gasteiger partial charge is 0.339 e. The van der Waals surface area contributed by atoms with Gasteiger partial charge in [0.15, 0.2) is 0 Å². The Morgan fingerprint density at radius 1 is 1.41 bits per heavy atom. The number of nitrogens with zero attached hydrogens (tertiary/aromatic N) is 5. The first-order chi connectivity index (χ1) is 10.5. The molecule has 0 bridgehead atoms. The van der Waals surface area contributed by atoms with Crippen molar-refractivity contribution in [1.29, 1.82) is 0 Å². The zero-order chi connectivity index (χ0) is 15.6. The van der Waals surface area contributed by atoms with E-state index in [4.69, 9.17) is 4.52 Å². The van der Waals surface area contributed by atoms with Crippen molar-refractivity contribution in [3.8, 4) is 11.5 Å². The standard InChI is InChI=1S/C13H17N5O3S/c1-22(19,20)18-6-2-3-10(9-18)7-12-16-13(17-21-12)11-8-14-4-5-15-11/h4-5,8,10H,2-3,6-7,9H2,1H3. The van der Waals surface area contributed by atoms with Crippen LogP contribution in [0.2, 0.25) is 0 Å². The highest BCUT2D eigenvalue weighted by Crippen LogP contribution is 2.22. The fraction of sp³-hybridized carbons (Fsp3) is 0.538. The molecule has 22 heavy (non-hydrogen) atoms. The third-order valence-electron chi connectivity index (χ3n) is 3.67. The molecule has 1 unspecified atom stereocenters. The van der Waals surface area contributed by atoms with Crippen LogP contribution in [-0.2, 0) is 16.4 Å². The molecule has 0 aliphatic carbocycles. The van der Waals surface area contributed by atoms with Gasteiger partial charge in [-0.1, -0.05) is 5.16 Å². The number of aromatic nitrogens is 4. The minimum Gasteiger partial charge on any atom is -0.339 e. The highest BCUT2D eigenvalue weighted by atomic mass is 32.2. The average Bonchev–Trinajstić information content (AvgIpc) is 2.96. The molecule has 2 aromatic heterocycles. The predicted molar refractivity (Wildman–Crippen MR) is 78.2 cm³/mol. The fourth-order valence-corrected chi connectivity index (χ4v) is 3.54. The molecule has 1 aliphatic heterocycles. The van der Waals surface area contributed by atoms with Gasteiger partial charge in [0.05, 0.1) is 12.5 Å². The summed E-state index contributed by atoms with van der Waals surface area (Å²) in [5.74, 6) is 1.10. The van der Waals surface area contributed by atoms with E-state index in [9.17, 15) is 8.42 Å². The summed E-state index contributed by atoms with van der Waals surface area (Å²) in [6.45, 7) is 1.09. The molecule has 0 spiro atoms. The van der Waals surface area contributed by atoms with E-state index in [1.54, 1.807) is 18.6 Å². The van der Waals surface area contributed by atoms with Crippen molar-refractivity contribution >= 4 is 10.0 Å². The molecule has 3 heterocycles. The number of sulfonamides is 1. The summed E-state index contributed by atoms with van der Waals surface area (Å²) in [6, 6.07) is 0. The van der Waals surface area contributed by atoms with Gasteiger partial charge in [-0.25, -0.2) is 17.7 Å². The third-order valence-corrected chi connectivity index (χ3v) is 4.94. The summed E-state index contributed by atoms with van der Waals surface area (Å²) in [6.07, 6.45) is 8.33. The fourth-order valence-electron chi connectivity index (χ4n) is 2.60. The summed E-state index contributed by atoms with van der Waals surface area (Å²) in [4.78, 5) is 12.4. The van der Waals surface area contributed by atoms with Gasteiger partial charge in [0.25, 0.3) is 0 Å². The molecule has 0 aromatic carbocycles. The lowest BCUT2D eigenvalue weighted by Gasteiger charge is -2.30. The van der Waals surface area contributed by atoms with E-state index < -0.39 is 10.0 Å². The van der Waals surface area contributed by atoms with Gasteiger partial charge in [-0.05, 0) is 18.8 Å². The minimum absolute atomic E-state index is 0.193. The van der Waals surface area contributed by atoms with Gasteiger partial charge in [0, 0.05) is 31.9 Å². The van der Waals surface area contributed by atoms with E-state index in [1.165, 1.54) is 10.6 Å². The van der Waals surface area contributed by atoms with E-state index in [0.29, 0.717) is 36.9 Å². The SMILES string of the molecule is CS(=O)(=O)N1CCCC(Cc2nc(-c3cnccn3)no2)C1. The van der Waals surface area contributed by atoms with Crippen LogP contribution in [0.1, 0.15) is 18.7 Å². The van der Waals surface area contributed by atoms with Crippen LogP contribution in [0.4, 0.5) is 0 Å². The molecule has 0 radical (unpaired) electrons. The minimum atomic E-state index is -3.14. The van der Waals surface area contributed by atoms with E-state index in [2.05, 4.69) is 20.1 Å². The van der Waals surface area contributed by atoms with Gasteiger partial charge in [-0.2, -0.15) is 4.98 Å². The maximum Gasteiger partial charge on any atom is 0.227 e. The van der Waals surface area contributed by atoms with Gasteiger partial charge >= 0.3 is 0 Å². The summed E-state index contributed by atoms with van der Waals surface area (Å²) in [5, 5.41) is 3.90. The van der Waals surface area contributed by atoms with Crippen LogP contribution in [0, 0.1) is 5.92 Å². The second kappa shape index (κ2) is 6.09. The lowest BCUT2D eigenvalue weighted by molar-refractivity contribution is 0.248.